The van der Waals surface area contributed by atoms with Gasteiger partial charge in [-0.15, -0.1) is 0 Å². The number of hydrogen-bond donors (Lipinski definition) is 0. The molecule has 1 aromatic heterocycles. The molecule has 1 atom stereocenters. The molecule has 0 spiro atoms. The highest BCUT2D eigenvalue weighted by molar-refractivity contribution is 5.95. The Morgan fingerprint density at radius 2 is 2.14 bits per heavy atom. The van der Waals surface area contributed by atoms with Gasteiger partial charge in [0.25, 0.3) is 5.91 Å². The highest BCUT2D eigenvalue weighted by Crippen LogP contribution is 2.39. The molecule has 3 rings (SSSR count). The van der Waals surface area contributed by atoms with Gasteiger partial charge in [0.2, 0.25) is 0 Å². The Morgan fingerprint density at radius 3 is 2.71 bits per heavy atom. The number of carbonyl (C=O) groups excluding carboxylic acids is 1. The molecule has 0 aromatic carbocycles. The highest BCUT2D eigenvalue weighted by atomic mass is 16.2. The fourth-order valence-electron chi connectivity index (χ4n) is 3.26. The first-order chi connectivity index (χ1) is 10.0. The predicted molar refractivity (Wildman–Crippen MR) is 83.5 cm³/mol. The van der Waals surface area contributed by atoms with Crippen LogP contribution in [0.2, 0.25) is 0 Å². The minimum atomic E-state index is 0.108. The molecule has 0 N–H and O–H groups in total. The van der Waals surface area contributed by atoms with Gasteiger partial charge in [0.1, 0.15) is 0 Å². The maximum atomic E-state index is 12.6. The van der Waals surface area contributed by atoms with Gasteiger partial charge in [-0.3, -0.25) is 9.78 Å². The lowest BCUT2D eigenvalue weighted by Gasteiger charge is -2.22. The van der Waals surface area contributed by atoms with E-state index in [4.69, 9.17) is 0 Å². The molecule has 0 radical (unpaired) electrons. The first kappa shape index (κ1) is 14.5. The highest BCUT2D eigenvalue weighted by Gasteiger charge is 2.27. The summed E-state index contributed by atoms with van der Waals surface area (Å²) in [6.45, 7) is 5.03. The zero-order valence-electron chi connectivity index (χ0n) is 13.3. The molecule has 0 bridgehead atoms. The van der Waals surface area contributed by atoms with Crippen molar-refractivity contribution in [2.24, 2.45) is 5.92 Å². The number of likely N-dealkylation sites (tertiary alicyclic amines) is 1. The normalized spacial score (nSPS) is 22.5. The monoisotopic (exact) mass is 287 g/mol. The number of pyridine rings is 1. The summed E-state index contributed by atoms with van der Waals surface area (Å²) in [6.07, 6.45) is 3.68. The van der Waals surface area contributed by atoms with E-state index in [9.17, 15) is 4.79 Å². The molecule has 2 fully saturated rings. The summed E-state index contributed by atoms with van der Waals surface area (Å²) < 4.78 is 0. The molecule has 1 aliphatic heterocycles. The Balaban J connectivity index is 1.66. The summed E-state index contributed by atoms with van der Waals surface area (Å²) >= 11 is 0. The second kappa shape index (κ2) is 5.76. The van der Waals surface area contributed by atoms with Crippen LogP contribution in [0.5, 0.6) is 0 Å². The van der Waals surface area contributed by atoms with Crippen molar-refractivity contribution in [2.75, 3.05) is 33.7 Å². The summed E-state index contributed by atoms with van der Waals surface area (Å²) in [4.78, 5) is 21.4. The molecule has 2 heterocycles. The Morgan fingerprint density at radius 1 is 1.38 bits per heavy atom. The quantitative estimate of drug-likeness (QED) is 0.852. The maximum Gasteiger partial charge on any atom is 0.255 e. The zero-order chi connectivity index (χ0) is 15.0. The fraction of sp³-hybridized carbons (Fsp3) is 0.647. The third-order valence-electron chi connectivity index (χ3n) is 4.70. The van der Waals surface area contributed by atoms with Crippen molar-refractivity contribution in [1.29, 1.82) is 0 Å². The van der Waals surface area contributed by atoms with Gasteiger partial charge in [0, 0.05) is 31.7 Å². The molecule has 2 aliphatic rings. The lowest BCUT2D eigenvalue weighted by molar-refractivity contribution is 0.0773. The molecule has 1 aromatic rings. The average molecular weight is 287 g/mol. The van der Waals surface area contributed by atoms with Crippen molar-refractivity contribution in [2.45, 2.75) is 32.1 Å². The van der Waals surface area contributed by atoms with E-state index < -0.39 is 0 Å². The largest absolute Gasteiger partial charge is 0.341 e. The molecular weight excluding hydrogens is 262 g/mol. The maximum absolute atomic E-state index is 12.6. The van der Waals surface area contributed by atoms with Crippen LogP contribution in [0.25, 0.3) is 0 Å². The van der Waals surface area contributed by atoms with Gasteiger partial charge in [0.15, 0.2) is 0 Å². The number of rotatable bonds is 4. The number of aryl methyl sites for hydroxylation is 1. The van der Waals surface area contributed by atoms with Gasteiger partial charge in [-0.05, 0) is 57.8 Å². The fourth-order valence-corrected chi connectivity index (χ4v) is 3.26. The van der Waals surface area contributed by atoms with Crippen LogP contribution in [0.4, 0.5) is 0 Å². The molecule has 4 nitrogen and oxygen atoms in total. The smallest absolute Gasteiger partial charge is 0.255 e. The molecule has 1 saturated carbocycles. The van der Waals surface area contributed by atoms with Crippen LogP contribution < -0.4 is 0 Å². The number of hydrogen-bond acceptors (Lipinski definition) is 3. The van der Waals surface area contributed by atoms with Crippen LogP contribution in [0, 0.1) is 12.8 Å². The predicted octanol–water partition coefficient (Wildman–Crippen LogP) is 2.29. The second-order valence-electron chi connectivity index (χ2n) is 6.75. The number of aromatic nitrogens is 1. The van der Waals surface area contributed by atoms with Crippen molar-refractivity contribution < 1.29 is 4.79 Å². The van der Waals surface area contributed by atoms with E-state index in [0.717, 1.165) is 36.6 Å². The van der Waals surface area contributed by atoms with E-state index in [1.807, 2.05) is 31.0 Å². The first-order valence-electron chi connectivity index (χ1n) is 7.96. The Labute approximate surface area is 127 Å². The van der Waals surface area contributed by atoms with E-state index >= 15 is 0 Å². The summed E-state index contributed by atoms with van der Waals surface area (Å²) in [6, 6.07) is 4.00. The van der Waals surface area contributed by atoms with Crippen molar-refractivity contribution >= 4 is 5.91 Å². The van der Waals surface area contributed by atoms with Gasteiger partial charge >= 0.3 is 0 Å². The molecule has 1 unspecified atom stereocenters. The molecule has 1 amide bonds. The van der Waals surface area contributed by atoms with Gasteiger partial charge in [-0.25, -0.2) is 0 Å². The zero-order valence-corrected chi connectivity index (χ0v) is 13.3. The van der Waals surface area contributed by atoms with Crippen LogP contribution in [-0.4, -0.2) is 54.4 Å². The molecule has 21 heavy (non-hydrogen) atoms. The van der Waals surface area contributed by atoms with Crippen LogP contribution in [0.3, 0.4) is 0 Å². The van der Waals surface area contributed by atoms with Crippen molar-refractivity contribution in [3.8, 4) is 0 Å². The standard InChI is InChI=1S/C17H25N3O/c1-12-15(6-7-16(18-12)14-4-5-14)17(21)20(3)11-13-8-9-19(2)10-13/h6-7,13-14H,4-5,8-11H2,1-3H3. The minimum absolute atomic E-state index is 0.108. The number of carbonyl (C=O) groups is 1. The molecule has 4 heteroatoms. The number of amides is 1. The van der Waals surface area contributed by atoms with Crippen LogP contribution in [0.15, 0.2) is 12.1 Å². The van der Waals surface area contributed by atoms with Crippen LogP contribution >= 0.6 is 0 Å². The lowest BCUT2D eigenvalue weighted by Crippen LogP contribution is -2.33. The van der Waals surface area contributed by atoms with E-state index in [-0.39, 0.29) is 5.91 Å². The van der Waals surface area contributed by atoms with Gasteiger partial charge in [0.05, 0.1) is 11.3 Å². The van der Waals surface area contributed by atoms with Gasteiger partial charge in [-0.1, -0.05) is 0 Å². The van der Waals surface area contributed by atoms with Gasteiger partial charge in [-0.2, -0.15) is 0 Å². The van der Waals surface area contributed by atoms with Gasteiger partial charge < -0.3 is 9.80 Å². The molecule has 114 valence electrons. The van der Waals surface area contributed by atoms with Crippen LogP contribution in [0.1, 0.15) is 46.9 Å². The first-order valence-corrected chi connectivity index (χ1v) is 7.96. The van der Waals surface area contributed by atoms with E-state index in [0.29, 0.717) is 11.8 Å². The van der Waals surface area contributed by atoms with Crippen molar-refractivity contribution in [3.63, 3.8) is 0 Å². The summed E-state index contributed by atoms with van der Waals surface area (Å²) in [5.41, 5.74) is 2.79. The lowest BCUT2D eigenvalue weighted by atomic mass is 10.1. The minimum Gasteiger partial charge on any atom is -0.341 e. The summed E-state index contributed by atoms with van der Waals surface area (Å²) in [5.74, 6) is 1.35. The molecule has 1 aliphatic carbocycles. The molecular formula is C17H25N3O. The van der Waals surface area contributed by atoms with Crippen LogP contribution in [-0.2, 0) is 0 Å². The van der Waals surface area contributed by atoms with E-state index in [1.165, 1.54) is 19.3 Å². The molecule has 1 saturated heterocycles. The van der Waals surface area contributed by atoms with E-state index in [1.54, 1.807) is 0 Å². The van der Waals surface area contributed by atoms with Crippen molar-refractivity contribution in [1.82, 2.24) is 14.8 Å². The van der Waals surface area contributed by atoms with E-state index in [2.05, 4.69) is 16.9 Å². The second-order valence-corrected chi connectivity index (χ2v) is 6.75. The third kappa shape index (κ3) is 3.26. The SMILES string of the molecule is Cc1nc(C2CC2)ccc1C(=O)N(C)CC1CCN(C)C1. The number of nitrogens with zero attached hydrogens (tertiary/aromatic N) is 3. The summed E-state index contributed by atoms with van der Waals surface area (Å²) in [5, 5.41) is 0. The third-order valence-corrected chi connectivity index (χ3v) is 4.70. The summed E-state index contributed by atoms with van der Waals surface area (Å²) in [7, 11) is 4.06. The average Bonchev–Trinajstić information content (AvgIpc) is 3.22. The Bertz CT molecular complexity index is 539. The topological polar surface area (TPSA) is 36.4 Å². The van der Waals surface area contributed by atoms with Crippen molar-refractivity contribution in [3.05, 3.63) is 29.1 Å². The Kier molecular flexibility index (Phi) is 3.98. The Hall–Kier alpha value is -1.42.